The molecule has 1 saturated heterocycles. The topological polar surface area (TPSA) is 72.0 Å². The number of nitrogens with zero attached hydrogens (tertiary/aromatic N) is 5. The molecular weight excluding hydrogens is 292 g/mol. The minimum atomic E-state index is 0.137. The fourth-order valence-electron chi connectivity index (χ4n) is 2.73. The smallest absolute Gasteiger partial charge is 0.278 e. The van der Waals surface area contributed by atoms with Gasteiger partial charge in [-0.05, 0) is 25.2 Å². The van der Waals surface area contributed by atoms with Crippen molar-refractivity contribution in [2.75, 3.05) is 26.7 Å². The second kappa shape index (κ2) is 5.94. The average molecular weight is 310 g/mol. The molecular formula is C16H18N6O. The minimum absolute atomic E-state index is 0.137. The number of para-hydroxylation sites is 1. The Morgan fingerprint density at radius 2 is 2.09 bits per heavy atom. The second-order valence-electron chi connectivity index (χ2n) is 5.64. The Kier molecular flexibility index (Phi) is 3.64. The van der Waals surface area contributed by atoms with Gasteiger partial charge in [0.2, 0.25) is 0 Å². The maximum Gasteiger partial charge on any atom is 0.278 e. The summed E-state index contributed by atoms with van der Waals surface area (Å²) in [6, 6.07) is 12.0. The number of hydrogen-bond donors (Lipinski definition) is 1. The summed E-state index contributed by atoms with van der Waals surface area (Å²) in [6.07, 6.45) is 1.89. The van der Waals surface area contributed by atoms with E-state index in [9.17, 15) is 0 Å². The molecule has 1 aliphatic heterocycles. The van der Waals surface area contributed by atoms with Crippen molar-refractivity contribution < 1.29 is 4.52 Å². The van der Waals surface area contributed by atoms with E-state index in [1.807, 2.05) is 42.6 Å². The van der Waals surface area contributed by atoms with Crippen molar-refractivity contribution in [2.45, 2.75) is 6.04 Å². The fourth-order valence-corrected chi connectivity index (χ4v) is 2.73. The van der Waals surface area contributed by atoms with Gasteiger partial charge < -0.3 is 9.84 Å². The zero-order chi connectivity index (χ0) is 15.6. The minimum Gasteiger partial charge on any atom is -0.332 e. The molecule has 1 atom stereocenters. The molecule has 23 heavy (non-hydrogen) atoms. The van der Waals surface area contributed by atoms with E-state index in [0.29, 0.717) is 17.4 Å². The van der Waals surface area contributed by atoms with Crippen molar-refractivity contribution in [2.24, 2.45) is 0 Å². The van der Waals surface area contributed by atoms with Gasteiger partial charge in [-0.2, -0.15) is 10.1 Å². The van der Waals surface area contributed by atoms with Crippen LogP contribution in [0.25, 0.3) is 17.3 Å². The molecule has 3 heterocycles. The third-order valence-corrected chi connectivity index (χ3v) is 4.08. The summed E-state index contributed by atoms with van der Waals surface area (Å²) in [7, 11) is 2.08. The van der Waals surface area contributed by atoms with Gasteiger partial charge in [-0.3, -0.25) is 4.90 Å². The molecule has 1 fully saturated rings. The maximum absolute atomic E-state index is 5.41. The third kappa shape index (κ3) is 2.76. The first-order chi connectivity index (χ1) is 11.3. The number of nitrogens with one attached hydrogen (secondary N) is 1. The van der Waals surface area contributed by atoms with Crippen LogP contribution in [-0.4, -0.2) is 51.5 Å². The largest absolute Gasteiger partial charge is 0.332 e. The molecule has 1 aliphatic rings. The Morgan fingerprint density at radius 1 is 1.22 bits per heavy atom. The van der Waals surface area contributed by atoms with E-state index in [1.165, 1.54) is 0 Å². The van der Waals surface area contributed by atoms with E-state index in [-0.39, 0.29) is 6.04 Å². The van der Waals surface area contributed by atoms with E-state index >= 15 is 0 Å². The molecule has 0 spiro atoms. The van der Waals surface area contributed by atoms with Gasteiger partial charge in [0.05, 0.1) is 11.7 Å². The molecule has 0 radical (unpaired) electrons. The molecule has 1 unspecified atom stereocenters. The van der Waals surface area contributed by atoms with Crippen LogP contribution >= 0.6 is 0 Å². The lowest BCUT2D eigenvalue weighted by Crippen LogP contribution is -2.44. The highest BCUT2D eigenvalue weighted by Crippen LogP contribution is 2.22. The molecule has 4 rings (SSSR count). The highest BCUT2D eigenvalue weighted by molar-refractivity contribution is 5.46. The first kappa shape index (κ1) is 14.1. The lowest BCUT2D eigenvalue weighted by atomic mass is 10.2. The number of likely N-dealkylation sites (N-methyl/N-ethyl adjacent to an activating group) is 1. The molecule has 1 aromatic carbocycles. The number of piperazine rings is 1. The van der Waals surface area contributed by atoms with Crippen LogP contribution in [0.1, 0.15) is 11.9 Å². The zero-order valence-corrected chi connectivity index (χ0v) is 12.9. The van der Waals surface area contributed by atoms with Crippen LogP contribution in [0.15, 0.2) is 47.1 Å². The van der Waals surface area contributed by atoms with Crippen molar-refractivity contribution in [3.05, 3.63) is 48.4 Å². The van der Waals surface area contributed by atoms with Gasteiger partial charge in [0.25, 0.3) is 5.89 Å². The quantitative estimate of drug-likeness (QED) is 0.790. The predicted molar refractivity (Wildman–Crippen MR) is 85.1 cm³/mol. The number of benzene rings is 1. The van der Waals surface area contributed by atoms with Crippen LogP contribution in [0, 0.1) is 0 Å². The number of hydrogen-bond acceptors (Lipinski definition) is 6. The molecule has 118 valence electrons. The fraction of sp³-hybridized carbons (Fsp3) is 0.312. The van der Waals surface area contributed by atoms with Gasteiger partial charge in [0, 0.05) is 25.8 Å². The van der Waals surface area contributed by atoms with Crippen molar-refractivity contribution in [3.63, 3.8) is 0 Å². The Hall–Kier alpha value is -2.51. The third-order valence-electron chi connectivity index (χ3n) is 4.08. The molecule has 0 amide bonds. The maximum atomic E-state index is 5.41. The van der Waals surface area contributed by atoms with Gasteiger partial charge in [-0.25, -0.2) is 4.68 Å². The molecule has 0 saturated carbocycles. The normalized spacial score (nSPS) is 19.1. The zero-order valence-electron chi connectivity index (χ0n) is 12.9. The van der Waals surface area contributed by atoms with Crippen LogP contribution in [-0.2, 0) is 0 Å². The van der Waals surface area contributed by atoms with Gasteiger partial charge in [0.15, 0.2) is 11.5 Å². The van der Waals surface area contributed by atoms with E-state index in [2.05, 4.69) is 32.5 Å². The van der Waals surface area contributed by atoms with Crippen molar-refractivity contribution >= 4 is 0 Å². The molecule has 0 aliphatic carbocycles. The van der Waals surface area contributed by atoms with Gasteiger partial charge in [-0.1, -0.05) is 23.4 Å². The van der Waals surface area contributed by atoms with Crippen LogP contribution < -0.4 is 5.32 Å². The Labute approximate surface area is 133 Å². The van der Waals surface area contributed by atoms with Crippen LogP contribution in [0.5, 0.6) is 0 Å². The molecule has 7 nitrogen and oxygen atoms in total. The van der Waals surface area contributed by atoms with Crippen molar-refractivity contribution in [3.8, 4) is 17.3 Å². The highest BCUT2D eigenvalue weighted by Gasteiger charge is 2.25. The van der Waals surface area contributed by atoms with Gasteiger partial charge >= 0.3 is 0 Å². The Balaban J connectivity index is 1.59. The van der Waals surface area contributed by atoms with Crippen LogP contribution in [0.4, 0.5) is 0 Å². The number of rotatable bonds is 3. The Bertz CT molecular complexity index is 781. The van der Waals surface area contributed by atoms with E-state index in [4.69, 9.17) is 4.52 Å². The first-order valence-electron chi connectivity index (χ1n) is 7.67. The number of aromatic nitrogens is 4. The molecule has 7 heteroatoms. The van der Waals surface area contributed by atoms with Crippen molar-refractivity contribution in [1.29, 1.82) is 0 Å². The standard InChI is InChI=1S/C16H18N6O/c1-21-10-8-17-11-14(21)15-18-16(23-20-15)13-7-9-22(19-13)12-5-3-2-4-6-12/h2-7,9,14,17H,8,10-11H2,1H3. The predicted octanol–water partition coefficient (Wildman–Crippen LogP) is 1.50. The lowest BCUT2D eigenvalue weighted by Gasteiger charge is -2.30. The average Bonchev–Trinajstić information content (AvgIpc) is 3.25. The van der Waals surface area contributed by atoms with Gasteiger partial charge in [-0.15, -0.1) is 0 Å². The summed E-state index contributed by atoms with van der Waals surface area (Å²) in [4.78, 5) is 6.76. The molecule has 2 aromatic heterocycles. The summed E-state index contributed by atoms with van der Waals surface area (Å²) >= 11 is 0. The van der Waals surface area contributed by atoms with Gasteiger partial charge in [0.1, 0.15) is 0 Å². The SMILES string of the molecule is CN1CCNCC1c1noc(-c2ccn(-c3ccccc3)n2)n1. The van der Waals surface area contributed by atoms with E-state index in [0.717, 1.165) is 25.3 Å². The molecule has 1 N–H and O–H groups in total. The lowest BCUT2D eigenvalue weighted by molar-refractivity contribution is 0.190. The van der Waals surface area contributed by atoms with Crippen LogP contribution in [0.3, 0.4) is 0 Å². The first-order valence-corrected chi connectivity index (χ1v) is 7.67. The second-order valence-corrected chi connectivity index (χ2v) is 5.64. The summed E-state index contributed by atoms with van der Waals surface area (Å²) in [5.74, 6) is 1.15. The van der Waals surface area contributed by atoms with Crippen LogP contribution in [0.2, 0.25) is 0 Å². The molecule has 3 aromatic rings. The van der Waals surface area contributed by atoms with E-state index in [1.54, 1.807) is 4.68 Å². The monoisotopic (exact) mass is 310 g/mol. The van der Waals surface area contributed by atoms with E-state index < -0.39 is 0 Å². The Morgan fingerprint density at radius 3 is 2.91 bits per heavy atom. The highest BCUT2D eigenvalue weighted by atomic mass is 16.5. The van der Waals surface area contributed by atoms with Crippen molar-refractivity contribution in [1.82, 2.24) is 30.1 Å². The summed E-state index contributed by atoms with van der Waals surface area (Å²) in [5, 5.41) is 12.0. The summed E-state index contributed by atoms with van der Waals surface area (Å²) in [6.45, 7) is 2.78. The molecule has 0 bridgehead atoms. The summed E-state index contributed by atoms with van der Waals surface area (Å²) < 4.78 is 7.21. The summed E-state index contributed by atoms with van der Waals surface area (Å²) in [5.41, 5.74) is 1.67.